The summed E-state index contributed by atoms with van der Waals surface area (Å²) in [4.78, 5) is 0. The quantitative estimate of drug-likeness (QED) is 0.735. The van der Waals surface area contributed by atoms with Crippen molar-refractivity contribution in [3.63, 3.8) is 0 Å². The van der Waals surface area contributed by atoms with Crippen molar-refractivity contribution in [2.45, 2.75) is 32.5 Å². The number of nitrogens with zero attached hydrogens (tertiary/aromatic N) is 2. The third-order valence-corrected chi connectivity index (χ3v) is 2.59. The molecule has 1 aliphatic heterocycles. The molecule has 0 amide bonds. The van der Waals surface area contributed by atoms with Gasteiger partial charge >= 0.3 is 0 Å². The lowest BCUT2D eigenvalue weighted by molar-refractivity contribution is 0.344. The Labute approximate surface area is 80.3 Å². The fourth-order valence-electron chi connectivity index (χ4n) is 1.72. The first-order valence-electron chi connectivity index (χ1n) is 4.16. The van der Waals surface area contributed by atoms with E-state index >= 15 is 0 Å². The zero-order valence-corrected chi connectivity index (χ0v) is 8.80. The van der Waals surface area contributed by atoms with Gasteiger partial charge in [0.2, 0.25) is 0 Å². The summed E-state index contributed by atoms with van der Waals surface area (Å²) in [5.41, 5.74) is 1.26. The molecule has 0 saturated carbocycles. The molecule has 0 fully saturated rings. The van der Waals surface area contributed by atoms with Gasteiger partial charge in [-0.05, 0) is 35.8 Å². The molecule has 2 rings (SSSR count). The molecule has 66 valence electrons. The minimum atomic E-state index is 0.410. The molecule has 0 radical (unpaired) electrons. The topological polar surface area (TPSA) is 29.9 Å². The zero-order valence-electron chi connectivity index (χ0n) is 7.21. The number of aromatic nitrogens is 2. The lowest BCUT2D eigenvalue weighted by atomic mass is 10.1. The minimum Gasteiger partial charge on any atom is -0.304 e. The molecule has 12 heavy (non-hydrogen) atoms. The van der Waals surface area contributed by atoms with Crippen molar-refractivity contribution < 1.29 is 0 Å². The number of fused-ring (bicyclic) bond motifs is 1. The maximum Gasteiger partial charge on any atom is 0.128 e. The minimum absolute atomic E-state index is 0.410. The van der Waals surface area contributed by atoms with Crippen molar-refractivity contribution in [2.24, 2.45) is 0 Å². The average molecular weight is 230 g/mol. The second-order valence-electron chi connectivity index (χ2n) is 3.36. The first-order chi connectivity index (χ1) is 5.66. The van der Waals surface area contributed by atoms with Crippen LogP contribution in [0, 0.1) is 0 Å². The Bertz CT molecular complexity index is 294. The van der Waals surface area contributed by atoms with Gasteiger partial charge < -0.3 is 5.32 Å². The summed E-state index contributed by atoms with van der Waals surface area (Å²) in [7, 11) is 0. The van der Waals surface area contributed by atoms with E-state index in [1.165, 1.54) is 5.69 Å². The lowest BCUT2D eigenvalue weighted by Crippen LogP contribution is -2.39. The van der Waals surface area contributed by atoms with Crippen LogP contribution < -0.4 is 5.32 Å². The first-order valence-corrected chi connectivity index (χ1v) is 4.95. The monoisotopic (exact) mass is 229 g/mol. The molecule has 3 nitrogen and oxygen atoms in total. The third kappa shape index (κ3) is 1.29. The molecule has 1 aromatic rings. The molecular formula is C8H12BrN3. The van der Waals surface area contributed by atoms with Gasteiger partial charge in [-0.1, -0.05) is 0 Å². The van der Waals surface area contributed by atoms with Crippen LogP contribution in [0.2, 0.25) is 0 Å². The molecular weight excluding hydrogens is 218 g/mol. The third-order valence-electron chi connectivity index (χ3n) is 2.21. The van der Waals surface area contributed by atoms with Crippen LogP contribution in [0.25, 0.3) is 0 Å². The summed E-state index contributed by atoms with van der Waals surface area (Å²) in [6.07, 6.45) is 0. The van der Waals surface area contributed by atoms with E-state index in [1.54, 1.807) is 0 Å². The molecule has 1 aliphatic rings. The van der Waals surface area contributed by atoms with Crippen molar-refractivity contribution in [3.8, 4) is 0 Å². The fourth-order valence-corrected chi connectivity index (χ4v) is 2.14. The van der Waals surface area contributed by atoms with E-state index in [0.717, 1.165) is 11.1 Å². The van der Waals surface area contributed by atoms with E-state index in [2.05, 4.69) is 50.9 Å². The van der Waals surface area contributed by atoms with Crippen molar-refractivity contribution in [3.05, 3.63) is 16.4 Å². The number of hydrogen-bond acceptors (Lipinski definition) is 2. The number of rotatable bonds is 0. The highest BCUT2D eigenvalue weighted by atomic mass is 79.9. The molecule has 4 heteroatoms. The highest BCUT2D eigenvalue weighted by Crippen LogP contribution is 2.21. The Morgan fingerprint density at radius 3 is 3.17 bits per heavy atom. The van der Waals surface area contributed by atoms with Crippen LogP contribution in [0.3, 0.4) is 0 Å². The fraction of sp³-hybridized carbons (Fsp3) is 0.625. The van der Waals surface area contributed by atoms with Gasteiger partial charge in [-0.25, -0.2) is 0 Å². The molecule has 0 aliphatic carbocycles. The van der Waals surface area contributed by atoms with Gasteiger partial charge in [-0.2, -0.15) is 5.10 Å². The molecule has 0 saturated heterocycles. The van der Waals surface area contributed by atoms with Gasteiger partial charge in [0, 0.05) is 12.1 Å². The van der Waals surface area contributed by atoms with Gasteiger partial charge in [0.1, 0.15) is 4.60 Å². The summed E-state index contributed by atoms with van der Waals surface area (Å²) < 4.78 is 3.00. The number of halogens is 1. The normalized spacial score (nSPS) is 28.6. The molecule has 1 aromatic heterocycles. The predicted octanol–water partition coefficient (Wildman–Crippen LogP) is 1.70. The molecule has 2 heterocycles. The summed E-state index contributed by atoms with van der Waals surface area (Å²) in [5, 5.41) is 7.81. The summed E-state index contributed by atoms with van der Waals surface area (Å²) in [6.45, 7) is 5.30. The maximum absolute atomic E-state index is 4.35. The standard InChI is InChI=1S/C8H12BrN3/c1-5-4-12-7(6(2)10-5)3-8(9)11-12/h3,5-6,10H,4H2,1-2H3/t5-,6-/m1/s1. The Morgan fingerprint density at radius 2 is 2.42 bits per heavy atom. The second kappa shape index (κ2) is 2.85. The molecule has 1 N–H and O–H groups in total. The van der Waals surface area contributed by atoms with E-state index in [-0.39, 0.29) is 0 Å². The van der Waals surface area contributed by atoms with E-state index in [9.17, 15) is 0 Å². The van der Waals surface area contributed by atoms with Crippen molar-refractivity contribution in [1.29, 1.82) is 0 Å². The maximum atomic E-state index is 4.35. The van der Waals surface area contributed by atoms with Crippen molar-refractivity contribution >= 4 is 15.9 Å². The SMILES string of the molecule is C[C@@H]1Cn2nc(Br)cc2[C@@H](C)N1. The van der Waals surface area contributed by atoms with Gasteiger partial charge in [0.25, 0.3) is 0 Å². The van der Waals surface area contributed by atoms with Crippen LogP contribution in [0.4, 0.5) is 0 Å². The first kappa shape index (κ1) is 8.26. The van der Waals surface area contributed by atoms with Crippen LogP contribution in [0.15, 0.2) is 10.7 Å². The van der Waals surface area contributed by atoms with Gasteiger partial charge in [-0.15, -0.1) is 0 Å². The molecule has 0 unspecified atom stereocenters. The lowest BCUT2D eigenvalue weighted by Gasteiger charge is -2.27. The molecule has 0 spiro atoms. The predicted molar refractivity (Wildman–Crippen MR) is 50.9 cm³/mol. The average Bonchev–Trinajstić information content (AvgIpc) is 2.29. The van der Waals surface area contributed by atoms with Gasteiger partial charge in [-0.3, -0.25) is 4.68 Å². The molecule has 0 bridgehead atoms. The Morgan fingerprint density at radius 1 is 1.67 bits per heavy atom. The number of nitrogens with one attached hydrogen (secondary N) is 1. The number of hydrogen-bond donors (Lipinski definition) is 1. The Balaban J connectivity index is 2.40. The van der Waals surface area contributed by atoms with Crippen LogP contribution >= 0.6 is 15.9 Å². The van der Waals surface area contributed by atoms with Crippen LogP contribution in [-0.4, -0.2) is 15.8 Å². The summed E-state index contributed by atoms with van der Waals surface area (Å²) in [5.74, 6) is 0. The zero-order chi connectivity index (χ0) is 8.72. The highest BCUT2D eigenvalue weighted by Gasteiger charge is 2.21. The summed E-state index contributed by atoms with van der Waals surface area (Å²) in [6, 6.07) is 3.00. The molecule has 0 aromatic carbocycles. The molecule has 2 atom stereocenters. The van der Waals surface area contributed by atoms with E-state index in [4.69, 9.17) is 0 Å². The van der Waals surface area contributed by atoms with Gasteiger partial charge in [0.05, 0.1) is 12.2 Å². The largest absolute Gasteiger partial charge is 0.304 e. The van der Waals surface area contributed by atoms with E-state index in [0.29, 0.717) is 12.1 Å². The van der Waals surface area contributed by atoms with E-state index < -0.39 is 0 Å². The van der Waals surface area contributed by atoms with Crippen LogP contribution in [-0.2, 0) is 6.54 Å². The Hall–Kier alpha value is -0.350. The Kier molecular flexibility index (Phi) is 1.96. The summed E-state index contributed by atoms with van der Waals surface area (Å²) >= 11 is 3.38. The van der Waals surface area contributed by atoms with Crippen LogP contribution in [0.5, 0.6) is 0 Å². The van der Waals surface area contributed by atoms with Crippen LogP contribution in [0.1, 0.15) is 25.6 Å². The second-order valence-corrected chi connectivity index (χ2v) is 4.18. The van der Waals surface area contributed by atoms with E-state index in [1.807, 2.05) is 0 Å². The van der Waals surface area contributed by atoms with Gasteiger partial charge in [0.15, 0.2) is 0 Å². The van der Waals surface area contributed by atoms with Crippen molar-refractivity contribution in [2.75, 3.05) is 0 Å². The highest BCUT2D eigenvalue weighted by molar-refractivity contribution is 9.10. The smallest absolute Gasteiger partial charge is 0.128 e. The van der Waals surface area contributed by atoms with Crippen molar-refractivity contribution in [1.82, 2.24) is 15.1 Å².